The van der Waals surface area contributed by atoms with E-state index in [1.54, 1.807) is 6.20 Å². The van der Waals surface area contributed by atoms with E-state index in [0.717, 1.165) is 35.6 Å². The molecule has 0 bridgehead atoms. The molecule has 4 rings (SSSR count). The van der Waals surface area contributed by atoms with E-state index >= 15 is 0 Å². The number of nitrogens with zero attached hydrogens (tertiary/aromatic N) is 2. The lowest BCUT2D eigenvalue weighted by Crippen LogP contribution is -1.99. The minimum Gasteiger partial charge on any atom is -0.336 e. The van der Waals surface area contributed by atoms with Crippen LogP contribution in [0.4, 0.5) is 0 Å². The van der Waals surface area contributed by atoms with Crippen LogP contribution in [-0.4, -0.2) is 15.0 Å². The van der Waals surface area contributed by atoms with Gasteiger partial charge in [-0.2, -0.15) is 0 Å². The number of fused-ring (bicyclic) bond motifs is 2. The van der Waals surface area contributed by atoms with Gasteiger partial charge in [-0.25, -0.2) is 9.97 Å². The smallest absolute Gasteiger partial charge is 0.178 e. The van der Waals surface area contributed by atoms with Gasteiger partial charge in [-0.1, -0.05) is 12.1 Å². The SMILES string of the molecule is Cc1ccnc2nc(-c3ccc4c(c3)CNC4)[nH]c12. The maximum absolute atomic E-state index is 4.58. The van der Waals surface area contributed by atoms with Gasteiger partial charge in [0.2, 0.25) is 0 Å². The zero-order chi connectivity index (χ0) is 12.8. The lowest BCUT2D eigenvalue weighted by molar-refractivity contribution is 0.765. The molecule has 94 valence electrons. The van der Waals surface area contributed by atoms with Crippen molar-refractivity contribution in [3.8, 4) is 11.4 Å². The molecule has 0 aliphatic carbocycles. The van der Waals surface area contributed by atoms with Crippen LogP contribution in [0.2, 0.25) is 0 Å². The second-order valence-electron chi connectivity index (χ2n) is 5.00. The Balaban J connectivity index is 1.88. The third-order valence-electron chi connectivity index (χ3n) is 3.71. The average molecular weight is 250 g/mol. The predicted octanol–water partition coefficient (Wildman–Crippen LogP) is 2.54. The zero-order valence-electron chi connectivity index (χ0n) is 10.7. The van der Waals surface area contributed by atoms with E-state index in [2.05, 4.69) is 45.4 Å². The van der Waals surface area contributed by atoms with Crippen LogP contribution in [0.1, 0.15) is 16.7 Å². The quantitative estimate of drug-likeness (QED) is 0.698. The molecule has 4 heteroatoms. The summed E-state index contributed by atoms with van der Waals surface area (Å²) in [5, 5.41) is 3.36. The number of pyridine rings is 1. The molecule has 0 spiro atoms. The Morgan fingerprint density at radius 3 is 2.89 bits per heavy atom. The Morgan fingerprint density at radius 1 is 1.11 bits per heavy atom. The highest BCUT2D eigenvalue weighted by molar-refractivity contribution is 5.78. The predicted molar refractivity (Wildman–Crippen MR) is 74.6 cm³/mol. The fourth-order valence-electron chi connectivity index (χ4n) is 2.61. The molecule has 0 saturated heterocycles. The molecule has 19 heavy (non-hydrogen) atoms. The number of hydrogen-bond donors (Lipinski definition) is 2. The van der Waals surface area contributed by atoms with Gasteiger partial charge >= 0.3 is 0 Å². The largest absolute Gasteiger partial charge is 0.336 e. The normalized spacial score (nSPS) is 13.9. The Labute approximate surface area is 110 Å². The number of aryl methyl sites for hydroxylation is 1. The van der Waals surface area contributed by atoms with Crippen molar-refractivity contribution < 1.29 is 0 Å². The molecule has 3 heterocycles. The van der Waals surface area contributed by atoms with Gasteiger partial charge in [0.1, 0.15) is 5.82 Å². The number of nitrogens with one attached hydrogen (secondary N) is 2. The van der Waals surface area contributed by atoms with E-state index in [-0.39, 0.29) is 0 Å². The molecule has 0 amide bonds. The topological polar surface area (TPSA) is 53.6 Å². The highest BCUT2D eigenvalue weighted by Gasteiger charge is 2.13. The van der Waals surface area contributed by atoms with Crippen LogP contribution in [0.5, 0.6) is 0 Å². The number of H-pyrrole nitrogens is 1. The van der Waals surface area contributed by atoms with E-state index < -0.39 is 0 Å². The van der Waals surface area contributed by atoms with E-state index in [1.807, 2.05) is 6.07 Å². The summed E-state index contributed by atoms with van der Waals surface area (Å²) < 4.78 is 0. The summed E-state index contributed by atoms with van der Waals surface area (Å²) in [7, 11) is 0. The van der Waals surface area contributed by atoms with Crippen LogP contribution in [0.15, 0.2) is 30.5 Å². The fraction of sp³-hybridized carbons (Fsp3) is 0.200. The van der Waals surface area contributed by atoms with Crippen LogP contribution in [0, 0.1) is 6.92 Å². The molecule has 0 radical (unpaired) electrons. The standard InChI is InChI=1S/C15H14N4/c1-9-4-5-17-15-13(9)18-14(19-15)10-2-3-11-7-16-8-12(11)6-10/h2-6,16H,7-8H2,1H3,(H,17,18,19). The summed E-state index contributed by atoms with van der Waals surface area (Å²) in [6.45, 7) is 3.98. The van der Waals surface area contributed by atoms with Gasteiger partial charge in [-0.3, -0.25) is 0 Å². The molecule has 3 aromatic rings. The van der Waals surface area contributed by atoms with Crippen molar-refractivity contribution in [1.29, 1.82) is 0 Å². The van der Waals surface area contributed by atoms with Crippen LogP contribution in [0.3, 0.4) is 0 Å². The van der Waals surface area contributed by atoms with Crippen LogP contribution < -0.4 is 5.32 Å². The highest BCUT2D eigenvalue weighted by Crippen LogP contribution is 2.25. The van der Waals surface area contributed by atoms with Crippen LogP contribution >= 0.6 is 0 Å². The molecular formula is C15H14N4. The molecule has 4 nitrogen and oxygen atoms in total. The lowest BCUT2D eigenvalue weighted by Gasteiger charge is -2.01. The summed E-state index contributed by atoms with van der Waals surface area (Å²) in [6.07, 6.45) is 1.80. The second kappa shape index (κ2) is 3.90. The van der Waals surface area contributed by atoms with Gasteiger partial charge < -0.3 is 10.3 Å². The summed E-state index contributed by atoms with van der Waals surface area (Å²) >= 11 is 0. The Hall–Kier alpha value is -2.20. The van der Waals surface area contributed by atoms with Crippen molar-refractivity contribution in [3.05, 3.63) is 47.2 Å². The highest BCUT2D eigenvalue weighted by atomic mass is 15.0. The number of aromatic nitrogens is 3. The molecular weight excluding hydrogens is 236 g/mol. The van der Waals surface area contributed by atoms with E-state index in [4.69, 9.17) is 0 Å². The lowest BCUT2D eigenvalue weighted by atomic mass is 10.1. The molecule has 2 N–H and O–H groups in total. The van der Waals surface area contributed by atoms with E-state index in [1.165, 1.54) is 16.7 Å². The third-order valence-corrected chi connectivity index (χ3v) is 3.71. The number of rotatable bonds is 1. The monoisotopic (exact) mass is 250 g/mol. The van der Waals surface area contributed by atoms with E-state index in [9.17, 15) is 0 Å². The van der Waals surface area contributed by atoms with Crippen molar-refractivity contribution in [2.45, 2.75) is 20.0 Å². The van der Waals surface area contributed by atoms with Gasteiger partial charge in [0.15, 0.2) is 5.65 Å². The molecule has 0 atom stereocenters. The number of benzene rings is 1. The summed E-state index contributed by atoms with van der Waals surface area (Å²) in [5.41, 5.74) is 6.85. The molecule has 1 aliphatic rings. The van der Waals surface area contributed by atoms with Crippen LogP contribution in [0.25, 0.3) is 22.6 Å². The van der Waals surface area contributed by atoms with Crippen LogP contribution in [-0.2, 0) is 13.1 Å². The Morgan fingerprint density at radius 2 is 2.00 bits per heavy atom. The third kappa shape index (κ3) is 1.64. The first-order chi connectivity index (χ1) is 9.31. The minimum absolute atomic E-state index is 0.786. The number of aromatic amines is 1. The number of hydrogen-bond acceptors (Lipinski definition) is 3. The first-order valence-electron chi connectivity index (χ1n) is 6.45. The molecule has 1 aromatic carbocycles. The summed E-state index contributed by atoms with van der Waals surface area (Å²) in [5.74, 6) is 0.895. The minimum atomic E-state index is 0.786. The second-order valence-corrected chi connectivity index (χ2v) is 5.00. The van der Waals surface area contributed by atoms with Gasteiger partial charge in [-0.05, 0) is 35.7 Å². The van der Waals surface area contributed by atoms with Gasteiger partial charge in [0.05, 0.1) is 5.52 Å². The van der Waals surface area contributed by atoms with Crippen molar-refractivity contribution in [1.82, 2.24) is 20.3 Å². The van der Waals surface area contributed by atoms with Gasteiger partial charge in [-0.15, -0.1) is 0 Å². The zero-order valence-corrected chi connectivity index (χ0v) is 10.7. The molecule has 0 unspecified atom stereocenters. The van der Waals surface area contributed by atoms with Crippen molar-refractivity contribution in [2.24, 2.45) is 0 Å². The van der Waals surface area contributed by atoms with E-state index in [0.29, 0.717) is 0 Å². The fourth-order valence-corrected chi connectivity index (χ4v) is 2.61. The average Bonchev–Trinajstić information content (AvgIpc) is 3.04. The maximum atomic E-state index is 4.58. The van der Waals surface area contributed by atoms with Gasteiger partial charge in [0.25, 0.3) is 0 Å². The maximum Gasteiger partial charge on any atom is 0.178 e. The first kappa shape index (κ1) is 10.7. The summed E-state index contributed by atoms with van der Waals surface area (Å²) in [6, 6.07) is 8.51. The summed E-state index contributed by atoms with van der Waals surface area (Å²) in [4.78, 5) is 12.3. The Bertz CT molecular complexity index is 773. The molecule has 0 saturated carbocycles. The molecule has 0 fully saturated rings. The van der Waals surface area contributed by atoms with Crippen molar-refractivity contribution in [3.63, 3.8) is 0 Å². The molecule has 1 aliphatic heterocycles. The number of imidazole rings is 1. The first-order valence-corrected chi connectivity index (χ1v) is 6.45. The Kier molecular flexibility index (Phi) is 2.19. The molecule has 2 aromatic heterocycles. The van der Waals surface area contributed by atoms with Crippen molar-refractivity contribution in [2.75, 3.05) is 0 Å². The van der Waals surface area contributed by atoms with Gasteiger partial charge in [0, 0.05) is 24.8 Å². The van der Waals surface area contributed by atoms with Crippen molar-refractivity contribution >= 4 is 11.2 Å².